The maximum absolute atomic E-state index is 14.5. The zero-order valence-electron chi connectivity index (χ0n) is 11.7. The Bertz CT molecular complexity index is 823. The summed E-state index contributed by atoms with van der Waals surface area (Å²) in [6.07, 6.45) is 0.616. The van der Waals surface area contributed by atoms with Crippen molar-refractivity contribution in [3.63, 3.8) is 0 Å². The maximum atomic E-state index is 14.5. The number of carboxylic acids is 1. The van der Waals surface area contributed by atoms with Gasteiger partial charge in [0.05, 0.1) is 5.69 Å². The number of aromatic carboxylic acids is 1. The van der Waals surface area contributed by atoms with Gasteiger partial charge in [0.1, 0.15) is 5.82 Å². The fourth-order valence-electron chi connectivity index (χ4n) is 2.99. The van der Waals surface area contributed by atoms with Crippen molar-refractivity contribution in [1.29, 1.82) is 0 Å². The smallest absolute Gasteiger partial charge is 0.344 e. The Morgan fingerprint density at radius 1 is 1.43 bits per heavy atom. The van der Waals surface area contributed by atoms with Crippen LogP contribution in [0.2, 0.25) is 0 Å². The zero-order valence-corrected chi connectivity index (χ0v) is 11.7. The molecule has 2 N–H and O–H groups in total. The van der Waals surface area contributed by atoms with Crippen molar-refractivity contribution in [2.45, 2.75) is 26.2 Å². The van der Waals surface area contributed by atoms with Crippen molar-refractivity contribution in [1.82, 2.24) is 4.98 Å². The Hall–Kier alpha value is -2.43. The van der Waals surface area contributed by atoms with E-state index in [1.165, 1.54) is 0 Å². The summed E-state index contributed by atoms with van der Waals surface area (Å²) in [4.78, 5) is 25.5. The first-order chi connectivity index (χ1) is 9.90. The summed E-state index contributed by atoms with van der Waals surface area (Å²) in [5.41, 5.74) is 1.77. The summed E-state index contributed by atoms with van der Waals surface area (Å²) in [5, 5.41) is 9.01. The van der Waals surface area contributed by atoms with Gasteiger partial charge in [0.2, 0.25) is 0 Å². The molecular weight excluding hydrogens is 273 g/mol. The molecule has 0 radical (unpaired) electrons. The Labute approximate surface area is 120 Å². The van der Waals surface area contributed by atoms with Crippen LogP contribution in [0.3, 0.4) is 0 Å². The first-order valence-electron chi connectivity index (χ1n) is 6.69. The molecule has 21 heavy (non-hydrogen) atoms. The lowest BCUT2D eigenvalue weighted by molar-refractivity contribution is 0.0689. The van der Waals surface area contributed by atoms with Crippen molar-refractivity contribution in [3.05, 3.63) is 56.6 Å². The monoisotopic (exact) mass is 287 g/mol. The second-order valence-electron chi connectivity index (χ2n) is 5.50. The fraction of sp³-hybridized carbons (Fsp3) is 0.250. The molecule has 0 fully saturated rings. The van der Waals surface area contributed by atoms with E-state index < -0.39 is 22.9 Å². The zero-order chi connectivity index (χ0) is 15.3. The summed E-state index contributed by atoms with van der Waals surface area (Å²) in [7, 11) is 0. The molecule has 1 aliphatic rings. The molecule has 1 unspecified atom stereocenters. The molecule has 3 rings (SSSR count). The van der Waals surface area contributed by atoms with Gasteiger partial charge in [-0.15, -0.1) is 0 Å². The number of fused-ring (bicyclic) bond motifs is 3. The number of aryl methyl sites for hydroxylation is 1. The molecule has 1 heterocycles. The van der Waals surface area contributed by atoms with E-state index in [2.05, 4.69) is 4.98 Å². The largest absolute Gasteiger partial charge is 0.477 e. The number of hydrogen-bond donors (Lipinski definition) is 2. The van der Waals surface area contributed by atoms with Gasteiger partial charge in [0.15, 0.2) is 5.56 Å². The molecule has 0 spiro atoms. The number of pyridine rings is 1. The van der Waals surface area contributed by atoms with Crippen LogP contribution in [0.25, 0.3) is 11.3 Å². The van der Waals surface area contributed by atoms with Gasteiger partial charge in [-0.1, -0.05) is 24.6 Å². The first kappa shape index (κ1) is 13.5. The minimum absolute atomic E-state index is 0.190. The normalized spacial score (nSPS) is 16.2. The van der Waals surface area contributed by atoms with Gasteiger partial charge in [-0.2, -0.15) is 0 Å². The van der Waals surface area contributed by atoms with Crippen LogP contribution >= 0.6 is 0 Å². The van der Waals surface area contributed by atoms with Gasteiger partial charge >= 0.3 is 5.97 Å². The van der Waals surface area contributed by atoms with Crippen LogP contribution < -0.4 is 5.56 Å². The molecular formula is C16H14FNO3. The van der Waals surface area contributed by atoms with E-state index >= 15 is 0 Å². The van der Waals surface area contributed by atoms with Gasteiger partial charge in [0.25, 0.3) is 5.56 Å². The third kappa shape index (κ3) is 1.96. The molecule has 0 amide bonds. The Morgan fingerprint density at radius 2 is 2.14 bits per heavy atom. The van der Waals surface area contributed by atoms with Crippen LogP contribution in [-0.2, 0) is 6.42 Å². The maximum Gasteiger partial charge on any atom is 0.344 e. The second-order valence-corrected chi connectivity index (χ2v) is 5.50. The Balaban J connectivity index is 2.39. The van der Waals surface area contributed by atoms with Crippen LogP contribution in [-0.4, -0.2) is 16.1 Å². The molecule has 4 nitrogen and oxygen atoms in total. The van der Waals surface area contributed by atoms with Crippen LogP contribution in [0.5, 0.6) is 0 Å². The molecule has 1 aromatic carbocycles. The average molecular weight is 287 g/mol. The van der Waals surface area contributed by atoms with Gasteiger partial charge in [-0.25, -0.2) is 9.18 Å². The van der Waals surface area contributed by atoms with Gasteiger partial charge in [0, 0.05) is 11.1 Å². The molecule has 1 aromatic heterocycles. The van der Waals surface area contributed by atoms with Crippen molar-refractivity contribution < 1.29 is 14.3 Å². The van der Waals surface area contributed by atoms with Crippen LogP contribution in [0.4, 0.5) is 4.39 Å². The van der Waals surface area contributed by atoms with Crippen LogP contribution in [0.1, 0.15) is 39.9 Å². The Kier molecular flexibility index (Phi) is 2.93. The van der Waals surface area contributed by atoms with Gasteiger partial charge in [-0.05, 0) is 30.9 Å². The van der Waals surface area contributed by atoms with Crippen molar-refractivity contribution in [2.24, 2.45) is 0 Å². The van der Waals surface area contributed by atoms with E-state index in [9.17, 15) is 14.0 Å². The number of H-pyrrole nitrogens is 1. The van der Waals surface area contributed by atoms with E-state index in [0.29, 0.717) is 12.1 Å². The lowest BCUT2D eigenvalue weighted by atomic mass is 9.81. The lowest BCUT2D eigenvalue weighted by Crippen LogP contribution is -2.25. The predicted octanol–water partition coefficient (Wildman–Crippen LogP) is 2.85. The van der Waals surface area contributed by atoms with Gasteiger partial charge < -0.3 is 10.1 Å². The topological polar surface area (TPSA) is 70.2 Å². The summed E-state index contributed by atoms with van der Waals surface area (Å²) < 4.78 is 14.5. The molecule has 108 valence electrons. The fourth-order valence-corrected chi connectivity index (χ4v) is 2.99. The highest BCUT2D eigenvalue weighted by Gasteiger charge is 2.30. The lowest BCUT2D eigenvalue weighted by Gasteiger charge is -2.26. The SMILES string of the molecule is Cc1ccc2c(c1)-c1[nH]c(=O)c(C(=O)O)c(F)c1C(C)C2. The number of aromatic amines is 1. The molecule has 1 aliphatic carbocycles. The summed E-state index contributed by atoms with van der Waals surface area (Å²) >= 11 is 0. The molecule has 2 aromatic rings. The van der Waals surface area contributed by atoms with E-state index in [0.717, 1.165) is 16.7 Å². The number of nitrogens with one attached hydrogen (secondary N) is 1. The number of carboxylic acid groups (broad SMARTS) is 1. The Morgan fingerprint density at radius 3 is 2.81 bits per heavy atom. The standard InChI is InChI=1S/C16H14FNO3/c1-7-3-4-9-6-8(2)11-13(17)12(16(20)21)15(19)18-14(11)10(9)5-7/h3-5,8H,6H2,1-2H3,(H,18,19)(H,20,21). The third-order valence-corrected chi connectivity index (χ3v) is 3.96. The molecule has 0 saturated heterocycles. The van der Waals surface area contributed by atoms with Crippen molar-refractivity contribution in [3.8, 4) is 11.3 Å². The number of halogens is 1. The molecule has 0 bridgehead atoms. The number of benzene rings is 1. The highest BCUT2D eigenvalue weighted by molar-refractivity contribution is 5.89. The summed E-state index contributed by atoms with van der Waals surface area (Å²) in [6, 6.07) is 5.82. The third-order valence-electron chi connectivity index (χ3n) is 3.96. The molecule has 5 heteroatoms. The van der Waals surface area contributed by atoms with Crippen LogP contribution in [0.15, 0.2) is 23.0 Å². The molecule has 0 saturated carbocycles. The van der Waals surface area contributed by atoms with Gasteiger partial charge in [-0.3, -0.25) is 4.79 Å². The summed E-state index contributed by atoms with van der Waals surface area (Å²) in [5.74, 6) is -2.65. The predicted molar refractivity (Wildman–Crippen MR) is 76.3 cm³/mol. The van der Waals surface area contributed by atoms with E-state index in [1.807, 2.05) is 32.0 Å². The van der Waals surface area contributed by atoms with Crippen molar-refractivity contribution >= 4 is 5.97 Å². The molecule has 1 atom stereocenters. The van der Waals surface area contributed by atoms with E-state index in [-0.39, 0.29) is 11.5 Å². The van der Waals surface area contributed by atoms with Crippen molar-refractivity contribution in [2.75, 3.05) is 0 Å². The minimum Gasteiger partial charge on any atom is -0.477 e. The van der Waals surface area contributed by atoms with E-state index in [4.69, 9.17) is 5.11 Å². The average Bonchev–Trinajstić information content (AvgIpc) is 2.38. The highest BCUT2D eigenvalue weighted by Crippen LogP contribution is 2.39. The summed E-state index contributed by atoms with van der Waals surface area (Å²) in [6.45, 7) is 3.74. The number of aromatic nitrogens is 1. The molecule has 0 aliphatic heterocycles. The number of rotatable bonds is 1. The number of carbonyl (C=O) groups is 1. The van der Waals surface area contributed by atoms with Crippen LogP contribution in [0, 0.1) is 12.7 Å². The second kappa shape index (κ2) is 4.55. The minimum atomic E-state index is -1.54. The first-order valence-corrected chi connectivity index (χ1v) is 6.69. The van der Waals surface area contributed by atoms with E-state index in [1.54, 1.807) is 0 Å². The quantitative estimate of drug-likeness (QED) is 0.847. The number of hydrogen-bond acceptors (Lipinski definition) is 2. The highest BCUT2D eigenvalue weighted by atomic mass is 19.1.